The van der Waals surface area contributed by atoms with E-state index in [9.17, 15) is 9.90 Å². The zero-order valence-electron chi connectivity index (χ0n) is 20.9. The summed E-state index contributed by atoms with van der Waals surface area (Å²) in [5.74, 6) is 0.0341. The highest BCUT2D eigenvalue weighted by Crippen LogP contribution is 2.41. The van der Waals surface area contributed by atoms with E-state index < -0.39 is 5.97 Å². The molecule has 1 N–H and O–H groups in total. The molecule has 1 aliphatic rings. The standard InChI is InChI=1S/C30H24BrClN2O4S/c1-2-37-30(36)27-28(35)26(39-29(27)33-22-11-9-21(32)10-12-22)16-19-18-34(25-13-8-20(31)17-24(19)25)14-15-38-23-6-4-3-5-7-23/h3-13,16-18,35H,2,14-15H2,1H3/b26-16-,33-29?. The van der Waals surface area contributed by atoms with Crippen molar-refractivity contribution < 1.29 is 19.4 Å². The van der Waals surface area contributed by atoms with Crippen LogP contribution in [0.2, 0.25) is 5.02 Å². The number of carbonyl (C=O) groups is 1. The van der Waals surface area contributed by atoms with Crippen LogP contribution >= 0.6 is 39.3 Å². The monoisotopic (exact) mass is 622 g/mol. The Morgan fingerprint density at radius 3 is 2.64 bits per heavy atom. The summed E-state index contributed by atoms with van der Waals surface area (Å²) in [5.41, 5.74) is 2.56. The van der Waals surface area contributed by atoms with Gasteiger partial charge in [0.25, 0.3) is 0 Å². The fraction of sp³-hybridized carbons (Fsp3) is 0.133. The Morgan fingerprint density at radius 1 is 1.13 bits per heavy atom. The minimum absolute atomic E-state index is 0.0456. The summed E-state index contributed by atoms with van der Waals surface area (Å²) in [6.07, 6.45) is 3.89. The summed E-state index contributed by atoms with van der Waals surface area (Å²) >= 11 is 10.8. The molecule has 0 amide bonds. The van der Waals surface area contributed by atoms with Crippen LogP contribution in [-0.2, 0) is 16.1 Å². The molecule has 5 rings (SSSR count). The van der Waals surface area contributed by atoms with Gasteiger partial charge in [-0.15, -0.1) is 0 Å². The van der Waals surface area contributed by atoms with Gasteiger partial charge in [0, 0.05) is 32.2 Å². The predicted octanol–water partition coefficient (Wildman–Crippen LogP) is 8.33. The number of aromatic nitrogens is 1. The van der Waals surface area contributed by atoms with Gasteiger partial charge in [0.05, 0.1) is 23.7 Å². The Morgan fingerprint density at radius 2 is 1.90 bits per heavy atom. The van der Waals surface area contributed by atoms with Gasteiger partial charge in [0.15, 0.2) is 0 Å². The van der Waals surface area contributed by atoms with E-state index in [-0.39, 0.29) is 17.9 Å². The van der Waals surface area contributed by atoms with Crippen molar-refractivity contribution >= 4 is 73.0 Å². The first-order chi connectivity index (χ1) is 18.9. The predicted molar refractivity (Wildman–Crippen MR) is 162 cm³/mol. The Labute approximate surface area is 243 Å². The SMILES string of the molecule is CCOC(=O)C1=C(O)/C(=C/c2cn(CCOc3ccccc3)c3ccc(Br)cc23)SC1=Nc1ccc(Cl)cc1. The number of rotatable bonds is 8. The summed E-state index contributed by atoms with van der Waals surface area (Å²) < 4.78 is 14.2. The Bertz CT molecular complexity index is 1610. The van der Waals surface area contributed by atoms with E-state index in [4.69, 9.17) is 21.1 Å². The summed E-state index contributed by atoms with van der Waals surface area (Å²) in [6.45, 7) is 3.02. The van der Waals surface area contributed by atoms with Gasteiger partial charge in [-0.1, -0.05) is 57.5 Å². The average molecular weight is 624 g/mol. The first kappa shape index (κ1) is 27.1. The zero-order valence-corrected chi connectivity index (χ0v) is 24.1. The van der Waals surface area contributed by atoms with E-state index >= 15 is 0 Å². The van der Waals surface area contributed by atoms with E-state index in [1.165, 1.54) is 11.8 Å². The molecule has 1 aromatic heterocycles. The van der Waals surface area contributed by atoms with Gasteiger partial charge in [-0.05, 0) is 67.6 Å². The van der Waals surface area contributed by atoms with Crippen LogP contribution in [0.25, 0.3) is 17.0 Å². The highest BCUT2D eigenvalue weighted by molar-refractivity contribution is 9.10. The van der Waals surface area contributed by atoms with Crippen LogP contribution < -0.4 is 4.74 Å². The van der Waals surface area contributed by atoms with Crippen molar-refractivity contribution in [2.24, 2.45) is 4.99 Å². The van der Waals surface area contributed by atoms with Gasteiger partial charge in [-0.3, -0.25) is 0 Å². The summed E-state index contributed by atoms with van der Waals surface area (Å²) in [7, 11) is 0. The number of para-hydroxylation sites is 1. The molecule has 0 unspecified atom stereocenters. The minimum atomic E-state index is -0.623. The molecule has 0 radical (unpaired) electrons. The molecule has 0 fully saturated rings. The van der Waals surface area contributed by atoms with Gasteiger partial charge in [0.1, 0.15) is 28.7 Å². The first-order valence-corrected chi connectivity index (χ1v) is 14.2. The number of aliphatic hydroxyl groups is 1. The van der Waals surface area contributed by atoms with Crippen LogP contribution in [0, 0.1) is 0 Å². The van der Waals surface area contributed by atoms with Gasteiger partial charge >= 0.3 is 5.97 Å². The largest absolute Gasteiger partial charge is 0.506 e. The molecule has 0 spiro atoms. The fourth-order valence-corrected chi connectivity index (χ4v) is 5.65. The molecule has 2 heterocycles. The number of fused-ring (bicyclic) bond motifs is 1. The van der Waals surface area contributed by atoms with Gasteiger partial charge < -0.3 is 19.1 Å². The fourth-order valence-electron chi connectivity index (χ4n) is 4.14. The molecule has 0 atom stereocenters. The quantitative estimate of drug-likeness (QED) is 0.200. The van der Waals surface area contributed by atoms with Crippen molar-refractivity contribution in [1.29, 1.82) is 0 Å². The number of halogens is 2. The van der Waals surface area contributed by atoms with E-state index in [2.05, 4.69) is 25.5 Å². The molecular formula is C30H24BrClN2O4S. The zero-order chi connectivity index (χ0) is 27.4. The van der Waals surface area contributed by atoms with Crippen molar-refractivity contribution in [3.8, 4) is 5.75 Å². The third kappa shape index (κ3) is 6.24. The maximum atomic E-state index is 12.8. The molecule has 3 aromatic carbocycles. The number of thioether (sulfide) groups is 1. The third-order valence-corrected chi connectivity index (χ3v) is 7.70. The first-order valence-electron chi connectivity index (χ1n) is 12.2. The number of carbonyl (C=O) groups excluding carboxylic acids is 1. The molecule has 9 heteroatoms. The number of esters is 1. The molecule has 6 nitrogen and oxygen atoms in total. The molecule has 0 aliphatic carbocycles. The summed E-state index contributed by atoms with van der Waals surface area (Å²) in [6, 6.07) is 22.7. The van der Waals surface area contributed by atoms with E-state index in [0.29, 0.717) is 33.8 Å². The average Bonchev–Trinajstić information content (AvgIpc) is 3.42. The van der Waals surface area contributed by atoms with Crippen molar-refractivity contribution in [1.82, 2.24) is 4.57 Å². The number of ether oxygens (including phenoxy) is 2. The lowest BCUT2D eigenvalue weighted by Crippen LogP contribution is -2.12. The normalized spacial score (nSPS) is 15.5. The summed E-state index contributed by atoms with van der Waals surface area (Å²) in [5, 5.41) is 13.1. The van der Waals surface area contributed by atoms with Crippen LogP contribution in [0.1, 0.15) is 12.5 Å². The van der Waals surface area contributed by atoms with E-state index in [0.717, 1.165) is 26.7 Å². The second-order valence-corrected chi connectivity index (χ2v) is 10.9. The van der Waals surface area contributed by atoms with Crippen molar-refractivity contribution in [3.63, 3.8) is 0 Å². The molecule has 1 aliphatic heterocycles. The second kappa shape index (κ2) is 12.2. The molecule has 39 heavy (non-hydrogen) atoms. The van der Waals surface area contributed by atoms with Gasteiger partial charge in [-0.25, -0.2) is 9.79 Å². The molecule has 0 saturated heterocycles. The Balaban J connectivity index is 1.50. The van der Waals surface area contributed by atoms with Crippen LogP contribution in [0.15, 0.2) is 105 Å². The number of aliphatic imine (C=N–C) groups is 1. The van der Waals surface area contributed by atoms with Crippen LogP contribution in [0.3, 0.4) is 0 Å². The van der Waals surface area contributed by atoms with E-state index in [1.807, 2.05) is 60.8 Å². The van der Waals surface area contributed by atoms with E-state index in [1.54, 1.807) is 31.2 Å². The van der Waals surface area contributed by atoms with Crippen LogP contribution in [0.4, 0.5) is 5.69 Å². The lowest BCUT2D eigenvalue weighted by atomic mass is 10.1. The number of hydrogen-bond acceptors (Lipinski definition) is 6. The molecule has 0 saturated carbocycles. The smallest absolute Gasteiger partial charge is 0.344 e. The molecule has 0 bridgehead atoms. The number of aliphatic hydroxyl groups excluding tert-OH is 1. The van der Waals surface area contributed by atoms with Gasteiger partial charge in [0.2, 0.25) is 0 Å². The molecule has 198 valence electrons. The second-order valence-electron chi connectivity index (χ2n) is 8.55. The van der Waals surface area contributed by atoms with Crippen LogP contribution in [0.5, 0.6) is 5.75 Å². The Kier molecular flexibility index (Phi) is 8.45. The van der Waals surface area contributed by atoms with Crippen molar-refractivity contribution in [3.05, 3.63) is 110 Å². The number of benzene rings is 3. The topological polar surface area (TPSA) is 73.0 Å². The lowest BCUT2D eigenvalue weighted by Gasteiger charge is -2.08. The van der Waals surface area contributed by atoms with Gasteiger partial charge in [-0.2, -0.15) is 0 Å². The van der Waals surface area contributed by atoms with Crippen molar-refractivity contribution in [2.75, 3.05) is 13.2 Å². The van der Waals surface area contributed by atoms with Crippen LogP contribution in [-0.4, -0.2) is 33.9 Å². The maximum absolute atomic E-state index is 12.8. The molecular weight excluding hydrogens is 600 g/mol. The lowest BCUT2D eigenvalue weighted by molar-refractivity contribution is -0.138. The van der Waals surface area contributed by atoms with Crippen molar-refractivity contribution in [2.45, 2.75) is 13.5 Å². The summed E-state index contributed by atoms with van der Waals surface area (Å²) in [4.78, 5) is 17.9. The number of hydrogen-bond donors (Lipinski definition) is 1. The Hall–Kier alpha value is -3.46. The minimum Gasteiger partial charge on any atom is -0.506 e. The highest BCUT2D eigenvalue weighted by Gasteiger charge is 2.33. The number of nitrogens with zero attached hydrogens (tertiary/aromatic N) is 2. The highest BCUT2D eigenvalue weighted by atomic mass is 79.9. The third-order valence-electron chi connectivity index (χ3n) is 5.93. The molecule has 4 aromatic rings. The maximum Gasteiger partial charge on any atom is 0.344 e.